The lowest BCUT2D eigenvalue weighted by atomic mass is 9.85. The maximum absolute atomic E-state index is 13.4. The van der Waals surface area contributed by atoms with Crippen molar-refractivity contribution in [2.24, 2.45) is 0 Å². The first-order valence-corrected chi connectivity index (χ1v) is 11.9. The molecule has 0 saturated carbocycles. The molecule has 1 fully saturated rings. The molecule has 0 bridgehead atoms. The van der Waals surface area contributed by atoms with E-state index in [1.165, 1.54) is 11.2 Å². The molecule has 4 heterocycles. The monoisotopic (exact) mass is 483 g/mol. The normalized spacial score (nSPS) is 17.9. The van der Waals surface area contributed by atoms with Crippen molar-refractivity contribution in [3.63, 3.8) is 0 Å². The largest absolute Gasteiger partial charge is 0.505 e. The summed E-state index contributed by atoms with van der Waals surface area (Å²) in [5.74, 6) is -1.15. The highest BCUT2D eigenvalue weighted by atomic mass is 16.3. The smallest absolute Gasteiger partial charge is 0.296 e. The summed E-state index contributed by atoms with van der Waals surface area (Å²) >= 11 is 0. The lowest BCUT2D eigenvalue weighted by molar-refractivity contribution is -0.140. The molecule has 1 unspecified atom stereocenters. The van der Waals surface area contributed by atoms with Gasteiger partial charge in [-0.25, -0.2) is 4.98 Å². The quantitative estimate of drug-likeness (QED) is 0.236. The minimum atomic E-state index is -0.783. The number of ketones is 1. The molecule has 1 aliphatic rings. The fraction of sp³-hybridized carbons (Fsp3) is 0.276. The van der Waals surface area contributed by atoms with E-state index < -0.39 is 17.7 Å². The number of hydrogen-bond donors (Lipinski definition) is 1. The molecular weight excluding hydrogens is 454 g/mol. The van der Waals surface area contributed by atoms with Crippen LogP contribution in [0.2, 0.25) is 0 Å². The van der Waals surface area contributed by atoms with Gasteiger partial charge in [0, 0.05) is 6.20 Å². The second-order valence-electron chi connectivity index (χ2n) is 10.3. The number of nitrogens with zero attached hydrogens (tertiary/aromatic N) is 3. The van der Waals surface area contributed by atoms with Gasteiger partial charge in [-0.2, -0.15) is 0 Å². The minimum absolute atomic E-state index is 0.0271. The third kappa shape index (κ3) is 3.81. The van der Waals surface area contributed by atoms with E-state index in [4.69, 9.17) is 4.42 Å². The number of aromatic nitrogens is 2. The van der Waals surface area contributed by atoms with Gasteiger partial charge >= 0.3 is 0 Å². The van der Waals surface area contributed by atoms with Crippen LogP contribution in [-0.2, 0) is 21.5 Å². The van der Waals surface area contributed by atoms with Crippen molar-refractivity contribution in [3.05, 3.63) is 100 Å². The maximum atomic E-state index is 13.4. The first kappa shape index (κ1) is 23.6. The van der Waals surface area contributed by atoms with Crippen molar-refractivity contribution < 1.29 is 19.1 Å². The van der Waals surface area contributed by atoms with E-state index in [0.29, 0.717) is 17.1 Å². The van der Waals surface area contributed by atoms with Crippen LogP contribution in [0.15, 0.2) is 71.0 Å². The Kier molecular flexibility index (Phi) is 5.58. The Hall–Kier alpha value is -4.13. The zero-order chi connectivity index (χ0) is 25.8. The van der Waals surface area contributed by atoms with Crippen molar-refractivity contribution in [3.8, 4) is 0 Å². The number of amides is 1. The number of aryl methyl sites for hydroxylation is 2. The number of rotatable bonds is 4. The molecule has 0 spiro atoms. The molecule has 1 aromatic carbocycles. The average molecular weight is 484 g/mol. The second kappa shape index (κ2) is 8.52. The zero-order valence-electron chi connectivity index (χ0n) is 21.1. The van der Waals surface area contributed by atoms with Crippen LogP contribution in [0.25, 0.3) is 11.4 Å². The number of carbonyl (C=O) groups is 2. The van der Waals surface area contributed by atoms with Crippen molar-refractivity contribution >= 4 is 23.1 Å². The van der Waals surface area contributed by atoms with E-state index in [9.17, 15) is 14.7 Å². The van der Waals surface area contributed by atoms with E-state index in [0.717, 1.165) is 16.7 Å². The third-order valence-electron chi connectivity index (χ3n) is 6.85. The summed E-state index contributed by atoms with van der Waals surface area (Å²) in [5.41, 5.74) is 4.43. The van der Waals surface area contributed by atoms with E-state index >= 15 is 0 Å². The number of likely N-dealkylation sites (tertiary alicyclic amines) is 1. The second-order valence-corrected chi connectivity index (χ2v) is 10.3. The van der Waals surface area contributed by atoms with Crippen LogP contribution in [0.5, 0.6) is 0 Å². The number of pyridine rings is 1. The lowest BCUT2D eigenvalue weighted by Crippen LogP contribution is -2.29. The number of imidazole rings is 1. The molecule has 1 amide bonds. The fourth-order valence-electron chi connectivity index (χ4n) is 4.80. The van der Waals surface area contributed by atoms with Gasteiger partial charge in [0.25, 0.3) is 11.7 Å². The van der Waals surface area contributed by atoms with E-state index in [-0.39, 0.29) is 29.0 Å². The van der Waals surface area contributed by atoms with Crippen LogP contribution in [0, 0.1) is 13.8 Å². The number of hydrogen-bond acceptors (Lipinski definition) is 5. The van der Waals surface area contributed by atoms with Gasteiger partial charge in [-0.05, 0) is 54.2 Å². The van der Waals surface area contributed by atoms with Crippen molar-refractivity contribution in [1.82, 2.24) is 14.3 Å². The van der Waals surface area contributed by atoms with Gasteiger partial charge in [0.05, 0.1) is 30.1 Å². The van der Waals surface area contributed by atoms with Gasteiger partial charge in [0.1, 0.15) is 17.1 Å². The number of benzene rings is 1. The summed E-state index contributed by atoms with van der Waals surface area (Å²) in [5, 5.41) is 11.5. The highest BCUT2D eigenvalue weighted by Crippen LogP contribution is 2.41. The maximum Gasteiger partial charge on any atom is 0.296 e. The summed E-state index contributed by atoms with van der Waals surface area (Å²) in [7, 11) is 0. The molecule has 7 heteroatoms. The number of aliphatic hydroxyl groups is 1. The number of fused-ring (bicyclic) bond motifs is 1. The van der Waals surface area contributed by atoms with Gasteiger partial charge in [0.2, 0.25) is 0 Å². The molecule has 36 heavy (non-hydrogen) atoms. The topological polar surface area (TPSA) is 88.0 Å². The molecule has 1 saturated heterocycles. The summed E-state index contributed by atoms with van der Waals surface area (Å²) in [4.78, 5) is 32.7. The van der Waals surface area contributed by atoms with Gasteiger partial charge in [-0.3, -0.25) is 9.59 Å². The number of carbonyl (C=O) groups excluding carboxylic acids is 2. The van der Waals surface area contributed by atoms with Crippen LogP contribution in [0.4, 0.5) is 0 Å². The molecule has 0 aliphatic carbocycles. The molecule has 3 aromatic heterocycles. The molecule has 184 valence electrons. The van der Waals surface area contributed by atoms with Gasteiger partial charge in [-0.1, -0.05) is 51.1 Å². The Morgan fingerprint density at radius 3 is 2.39 bits per heavy atom. The molecule has 0 radical (unpaired) electrons. The predicted octanol–water partition coefficient (Wildman–Crippen LogP) is 5.46. The SMILES string of the molecule is Cc1cccn2c(C)c(/C(O)=C3\C(=O)C(=O)N(Cc4ccco4)C3c3ccc(C(C)(C)C)cc3)nc12. The molecule has 1 N–H and O–H groups in total. The van der Waals surface area contributed by atoms with Gasteiger partial charge < -0.3 is 18.8 Å². The lowest BCUT2D eigenvalue weighted by Gasteiger charge is -2.25. The Morgan fingerprint density at radius 2 is 1.78 bits per heavy atom. The summed E-state index contributed by atoms with van der Waals surface area (Å²) < 4.78 is 7.35. The summed E-state index contributed by atoms with van der Waals surface area (Å²) in [6, 6.07) is 14.4. The summed E-state index contributed by atoms with van der Waals surface area (Å²) in [6.07, 6.45) is 3.39. The van der Waals surface area contributed by atoms with Crippen LogP contribution in [-0.4, -0.2) is 31.1 Å². The highest BCUT2D eigenvalue weighted by Gasteiger charge is 2.47. The van der Waals surface area contributed by atoms with Crippen LogP contribution in [0.3, 0.4) is 0 Å². The average Bonchev–Trinajstić information content (AvgIpc) is 3.53. The minimum Gasteiger partial charge on any atom is -0.505 e. The Bertz CT molecular complexity index is 1500. The first-order chi connectivity index (χ1) is 17.1. The molecular formula is C29H29N3O4. The molecule has 4 aromatic rings. The van der Waals surface area contributed by atoms with Crippen LogP contribution >= 0.6 is 0 Å². The van der Waals surface area contributed by atoms with E-state index in [2.05, 4.69) is 25.8 Å². The molecule has 1 atom stereocenters. The van der Waals surface area contributed by atoms with Crippen molar-refractivity contribution in [2.75, 3.05) is 0 Å². The molecule has 5 rings (SSSR count). The zero-order valence-corrected chi connectivity index (χ0v) is 21.1. The van der Waals surface area contributed by atoms with E-state index in [1.807, 2.05) is 60.8 Å². The fourth-order valence-corrected chi connectivity index (χ4v) is 4.80. The Morgan fingerprint density at radius 1 is 1.06 bits per heavy atom. The Balaban J connectivity index is 1.70. The standard InChI is InChI=1S/C29H29N3O4/c1-17-8-6-14-31-18(2)23(30-27(17)31)25(33)22-24(19-10-12-20(13-11-19)29(3,4)5)32(28(35)26(22)34)16-21-9-7-15-36-21/h6-15,24,33H,16H2,1-5H3/b25-22+. The number of Topliss-reactive ketones (excluding diaryl/α,β-unsaturated/α-hetero) is 1. The van der Waals surface area contributed by atoms with Crippen molar-refractivity contribution in [2.45, 2.75) is 52.6 Å². The highest BCUT2D eigenvalue weighted by molar-refractivity contribution is 6.46. The third-order valence-corrected chi connectivity index (χ3v) is 6.85. The van der Waals surface area contributed by atoms with Crippen LogP contribution in [0.1, 0.15) is 60.7 Å². The first-order valence-electron chi connectivity index (χ1n) is 11.9. The summed E-state index contributed by atoms with van der Waals surface area (Å²) in [6.45, 7) is 10.2. The number of aliphatic hydroxyl groups excluding tert-OH is 1. The van der Waals surface area contributed by atoms with Gasteiger partial charge in [0.15, 0.2) is 5.76 Å². The van der Waals surface area contributed by atoms with Crippen molar-refractivity contribution in [1.29, 1.82) is 0 Å². The van der Waals surface area contributed by atoms with Gasteiger partial charge in [-0.15, -0.1) is 0 Å². The van der Waals surface area contributed by atoms with Crippen LogP contribution < -0.4 is 0 Å². The Labute approximate surface area is 209 Å². The molecule has 1 aliphatic heterocycles. The predicted molar refractivity (Wildman–Crippen MR) is 136 cm³/mol. The number of furan rings is 1. The van der Waals surface area contributed by atoms with E-state index in [1.54, 1.807) is 12.1 Å². The molecule has 7 nitrogen and oxygen atoms in total.